The molecule has 12 nitrogen and oxygen atoms in total. The average molecular weight is 1990 g/mol. The normalized spacial score (nSPS) is 12.6. The molecule has 0 bridgehead atoms. The standard InChI is InChI=1S/C36H20N2OS.C34H18N2OS.C32H16N2OS2.C30H16N2OS/c1-2-9-21(10-3-1)22-11-6-12-23(19-22)35-36(38-27-15-5-4-14-26(27)37-35)25-20-29-34-32-24(25)13-7-17-30(32)40-31-18-8-16-28(39-29)33(31)34;1-2-8-21(9-3-1)31-23-15-13-19-7-4-5-11-22(19)32(23)36-34(35-31)24-16-18-27-30-29-25(37-33(24)30)17-14-20-10-6-12-26(38-27)28(20)29;1-2-8-17(9-3-1)28-31-29(19-11-4-5-13-22(19)37-31)34-32(33-28)20-16-18-10-6-14-23-25(18)27-26-21(35-30(20)27)12-7-15-24(26)36-23;1-2-7-18(8-3-1)29-30(32-21-11-5-4-10-20(21)31-29)19-15-23-27-25(16-19)34-24-12-6-9-17-13-14-22(33-23)28(27)26(17)24/h1-20H;1-18H;1-16H;1-16H. The van der Waals surface area contributed by atoms with Gasteiger partial charge in [-0.3, -0.25) is 0 Å². The number of hydrogen-bond acceptors (Lipinski definition) is 17. The molecular weight excluding hydrogens is 1920 g/mol. The summed E-state index contributed by atoms with van der Waals surface area (Å²) in [4.78, 5) is 51.4. The van der Waals surface area contributed by atoms with Gasteiger partial charge in [0.15, 0.2) is 11.6 Å². The van der Waals surface area contributed by atoms with Crippen LogP contribution in [0.5, 0.6) is 0 Å². The van der Waals surface area contributed by atoms with Crippen LogP contribution in [0.4, 0.5) is 0 Å². The summed E-state index contributed by atoms with van der Waals surface area (Å²) in [7, 11) is 0. The molecule has 0 saturated heterocycles. The van der Waals surface area contributed by atoms with Crippen molar-refractivity contribution in [2.45, 2.75) is 39.2 Å². The molecule has 0 amide bonds. The third-order valence-corrected chi connectivity index (χ3v) is 35.0. The lowest BCUT2D eigenvalue weighted by atomic mass is 9.94. The number of benzene rings is 22. The van der Waals surface area contributed by atoms with Crippen LogP contribution < -0.4 is 0 Å². The minimum atomic E-state index is 0.679. The van der Waals surface area contributed by atoms with Crippen LogP contribution in [0.25, 0.3) is 296 Å². The smallest absolute Gasteiger partial charge is 0.164 e. The van der Waals surface area contributed by atoms with Gasteiger partial charge in [0.25, 0.3) is 0 Å². The number of para-hydroxylation sites is 4. The van der Waals surface area contributed by atoms with Crippen LogP contribution in [0.2, 0.25) is 0 Å². The predicted octanol–water partition coefficient (Wildman–Crippen LogP) is 38.0. The van der Waals surface area contributed by atoms with Gasteiger partial charge >= 0.3 is 0 Å². The molecule has 149 heavy (non-hydrogen) atoms. The van der Waals surface area contributed by atoms with E-state index in [9.17, 15) is 0 Å². The lowest BCUT2D eigenvalue weighted by molar-refractivity contribution is 0.668. The van der Waals surface area contributed by atoms with E-state index in [-0.39, 0.29) is 0 Å². The highest BCUT2D eigenvalue weighted by Gasteiger charge is 2.33. The maximum atomic E-state index is 6.61. The van der Waals surface area contributed by atoms with E-state index < -0.39 is 0 Å². The van der Waals surface area contributed by atoms with Gasteiger partial charge in [0, 0.05) is 158 Å². The summed E-state index contributed by atoms with van der Waals surface area (Å²) in [5.74, 6) is 1.37. The minimum Gasteiger partial charge on any atom is -0.456 e. The van der Waals surface area contributed by atoms with Gasteiger partial charge in [0.1, 0.15) is 44.7 Å². The molecule has 4 aliphatic heterocycles. The first-order valence-corrected chi connectivity index (χ1v) is 53.5. The van der Waals surface area contributed by atoms with Crippen molar-refractivity contribution in [2.75, 3.05) is 0 Å². The van der Waals surface area contributed by atoms with Crippen molar-refractivity contribution in [3.8, 4) is 101 Å². The number of furan rings is 4. The Morgan fingerprint density at radius 1 is 0.174 bits per heavy atom. The van der Waals surface area contributed by atoms with Gasteiger partial charge in [0.2, 0.25) is 0 Å². The molecule has 0 spiro atoms. The quantitative estimate of drug-likeness (QED) is 0.126. The Morgan fingerprint density at radius 3 is 1.27 bits per heavy atom. The molecule has 35 rings (SSSR count). The molecule has 17 heteroatoms. The van der Waals surface area contributed by atoms with Crippen molar-refractivity contribution >= 4 is 253 Å². The molecule has 0 fully saturated rings. The fourth-order valence-electron chi connectivity index (χ4n) is 22.8. The number of hydrogen-bond donors (Lipinski definition) is 0. The first kappa shape index (κ1) is 84.4. The number of fused-ring (bicyclic) bond motifs is 8. The zero-order valence-corrected chi connectivity index (χ0v) is 82.7. The van der Waals surface area contributed by atoms with Crippen LogP contribution in [-0.4, -0.2) is 39.9 Å². The van der Waals surface area contributed by atoms with E-state index in [1.54, 1.807) is 11.3 Å². The van der Waals surface area contributed by atoms with Gasteiger partial charge in [-0.1, -0.05) is 332 Å². The van der Waals surface area contributed by atoms with Crippen LogP contribution >= 0.6 is 58.4 Å². The maximum Gasteiger partial charge on any atom is 0.164 e. The van der Waals surface area contributed by atoms with Crippen LogP contribution in [-0.2, 0) is 0 Å². The van der Waals surface area contributed by atoms with Crippen molar-refractivity contribution < 1.29 is 17.7 Å². The van der Waals surface area contributed by atoms with E-state index in [4.69, 9.17) is 57.5 Å². The van der Waals surface area contributed by atoms with Crippen molar-refractivity contribution in [1.82, 2.24) is 39.9 Å². The van der Waals surface area contributed by atoms with E-state index >= 15 is 0 Å². The fourth-order valence-corrected chi connectivity index (χ4v) is 28.6. The summed E-state index contributed by atoms with van der Waals surface area (Å²) in [5, 5.41) is 23.9. The molecule has 13 heterocycles. The second kappa shape index (κ2) is 33.3. The lowest BCUT2D eigenvalue weighted by Gasteiger charge is -2.17. The topological polar surface area (TPSA) is 156 Å². The summed E-state index contributed by atoms with van der Waals surface area (Å²) < 4.78 is 28.4. The first-order valence-electron chi connectivity index (χ1n) is 49.4. The Hall–Kier alpha value is -17.9. The fraction of sp³-hybridized carbons (Fsp3) is 0. The largest absolute Gasteiger partial charge is 0.456 e. The SMILES string of the molecule is c1ccc(-c2cccc(-c3nc4ccccc4nc3-c3cc4oc5cccc6c5c4c4c(cccc34)S6)c2)cc1.c1ccc(-c2nc(-c3cc4cccc5c4c4c3oc3cccc(c34)S5)nc3c2sc2ccccc23)cc1.c1ccc(-c2nc(-c3ccc4c5c3oc3ccc6cccc(c6c35)S4)nc3c2ccc2ccccc23)cc1.c1ccc(-c2nc3ccccc3nc2-c2cc3c4c(c2)oc2ccc5cccc(c5c24)S3)cc1. The molecule has 0 saturated carbocycles. The molecule has 0 radical (unpaired) electrons. The summed E-state index contributed by atoms with van der Waals surface area (Å²) in [6, 6.07) is 148. The summed E-state index contributed by atoms with van der Waals surface area (Å²) in [6.45, 7) is 0. The predicted molar refractivity (Wildman–Crippen MR) is 616 cm³/mol. The third-order valence-electron chi connectivity index (χ3n) is 29.4. The van der Waals surface area contributed by atoms with Crippen LogP contribution in [0, 0.1) is 0 Å². The molecule has 0 N–H and O–H groups in total. The minimum absolute atomic E-state index is 0.679. The Bertz CT molecular complexity index is 11300. The monoisotopic (exact) mass is 1990 g/mol. The first-order chi connectivity index (χ1) is 73.8. The van der Waals surface area contributed by atoms with Gasteiger partial charge < -0.3 is 17.7 Å². The van der Waals surface area contributed by atoms with Gasteiger partial charge in [0.05, 0.1) is 83.1 Å². The second-order valence-corrected chi connectivity index (χ2v) is 43.3. The Labute approximate surface area is 868 Å². The highest BCUT2D eigenvalue weighted by atomic mass is 32.2. The maximum absolute atomic E-state index is 6.61. The van der Waals surface area contributed by atoms with Gasteiger partial charge in [-0.15, -0.1) is 11.3 Å². The zero-order chi connectivity index (χ0) is 97.3. The zero-order valence-electron chi connectivity index (χ0n) is 78.7. The molecule has 0 unspecified atom stereocenters. The van der Waals surface area contributed by atoms with E-state index in [1.807, 2.05) is 132 Å². The molecule has 4 aliphatic rings. The molecule has 31 aromatic rings. The summed E-state index contributed by atoms with van der Waals surface area (Å²) >= 11 is 9.01. The van der Waals surface area contributed by atoms with Crippen LogP contribution in [0.1, 0.15) is 0 Å². The molecular formula is C132H70N8O4S5. The Morgan fingerprint density at radius 2 is 0.597 bits per heavy atom. The van der Waals surface area contributed by atoms with Gasteiger partial charge in [-0.05, 0) is 178 Å². The highest BCUT2D eigenvalue weighted by molar-refractivity contribution is 8.00. The third kappa shape index (κ3) is 13.3. The van der Waals surface area contributed by atoms with Gasteiger partial charge in [-0.2, -0.15) is 0 Å². The average Bonchev–Trinajstić information content (AvgIpc) is 1.53. The van der Waals surface area contributed by atoms with Crippen molar-refractivity contribution in [3.63, 3.8) is 0 Å². The van der Waals surface area contributed by atoms with E-state index in [0.717, 1.165) is 194 Å². The molecule has 22 aromatic carbocycles. The Kier molecular flexibility index (Phi) is 18.9. The van der Waals surface area contributed by atoms with E-state index in [1.165, 1.54) is 130 Å². The van der Waals surface area contributed by atoms with E-state index in [0.29, 0.717) is 11.6 Å². The van der Waals surface area contributed by atoms with Crippen molar-refractivity contribution in [1.29, 1.82) is 0 Å². The second-order valence-electron chi connectivity index (χ2n) is 37.9. The molecule has 9 aromatic heterocycles. The molecule has 0 aliphatic carbocycles. The number of aromatic nitrogens is 8. The van der Waals surface area contributed by atoms with Crippen molar-refractivity contribution in [3.05, 3.63) is 425 Å². The molecule has 692 valence electrons. The van der Waals surface area contributed by atoms with Crippen LogP contribution in [0.15, 0.2) is 481 Å². The number of thiophene rings is 1. The van der Waals surface area contributed by atoms with E-state index in [2.05, 4.69) is 340 Å². The molecule has 0 atom stereocenters. The van der Waals surface area contributed by atoms with Gasteiger partial charge in [-0.25, -0.2) is 39.9 Å². The highest BCUT2D eigenvalue weighted by Crippen LogP contribution is 2.58. The Balaban J connectivity index is 0.0000000880. The summed E-state index contributed by atoms with van der Waals surface area (Å²) in [6.07, 6.45) is 0. The van der Waals surface area contributed by atoms with Crippen molar-refractivity contribution in [2.24, 2.45) is 0 Å². The lowest BCUT2D eigenvalue weighted by Crippen LogP contribution is -1.97. The number of nitrogens with zero attached hydrogens (tertiary/aromatic N) is 8. The van der Waals surface area contributed by atoms with Crippen LogP contribution in [0.3, 0.4) is 0 Å². The number of rotatable bonds is 9. The summed E-state index contributed by atoms with van der Waals surface area (Å²) in [5.41, 5.74) is 28.5.